The van der Waals surface area contributed by atoms with E-state index in [1.54, 1.807) is 30.3 Å². The van der Waals surface area contributed by atoms with Crippen LogP contribution < -0.4 is 10.6 Å². The minimum absolute atomic E-state index is 0.0504. The van der Waals surface area contributed by atoms with Crippen LogP contribution in [-0.4, -0.2) is 61.6 Å². The van der Waals surface area contributed by atoms with Crippen LogP contribution in [0.25, 0.3) is 0 Å². The number of rotatable bonds is 10. The van der Waals surface area contributed by atoms with Gasteiger partial charge in [0.15, 0.2) is 17.5 Å². The Morgan fingerprint density at radius 2 is 1.68 bits per heavy atom. The van der Waals surface area contributed by atoms with Gasteiger partial charge in [0.25, 0.3) is 0 Å². The zero-order valence-corrected chi connectivity index (χ0v) is 23.8. The van der Waals surface area contributed by atoms with Crippen LogP contribution in [0.1, 0.15) is 35.2 Å². The molecule has 0 fully saturated rings. The molecule has 0 spiro atoms. The Morgan fingerprint density at radius 1 is 1.02 bits per heavy atom. The van der Waals surface area contributed by atoms with Crippen molar-refractivity contribution in [3.05, 3.63) is 82.7 Å². The van der Waals surface area contributed by atoms with Crippen molar-refractivity contribution in [1.29, 1.82) is 0 Å². The third-order valence-electron chi connectivity index (χ3n) is 6.45. The summed E-state index contributed by atoms with van der Waals surface area (Å²) < 4.78 is 88.8. The maximum Gasteiger partial charge on any atom is 0.451 e. The summed E-state index contributed by atoms with van der Waals surface area (Å²) in [5.74, 6) is -5.88. The van der Waals surface area contributed by atoms with Gasteiger partial charge in [0.2, 0.25) is 26.7 Å². The number of carbonyl (C=O) groups is 2. The molecule has 2 atom stereocenters. The molecule has 1 aliphatic rings. The van der Waals surface area contributed by atoms with Gasteiger partial charge in [-0.3, -0.25) is 14.9 Å². The molecular weight excluding hydrogens is 625 g/mol. The quantitative estimate of drug-likeness (QED) is 0.0847. The lowest BCUT2D eigenvalue weighted by Gasteiger charge is -2.31. The number of likely N-dealkylation sites (N-methyl/N-ethyl adjacent to an activating group) is 1. The average molecular weight is 652 g/mol. The highest BCUT2D eigenvalue weighted by Gasteiger charge is 2.40. The summed E-state index contributed by atoms with van der Waals surface area (Å²) in [6, 6.07) is 7.60. The van der Waals surface area contributed by atoms with Crippen LogP contribution in [0, 0.1) is 17.5 Å². The number of hydrogen-bond acceptors (Lipinski definition) is 9. The lowest BCUT2D eigenvalue weighted by molar-refractivity contribution is -0.186. The highest BCUT2D eigenvalue weighted by atomic mass is 31.1. The Balaban J connectivity index is 0.000000978. The number of hydrogen-bond donors (Lipinski definition) is 4. The van der Waals surface area contributed by atoms with Crippen LogP contribution in [0.15, 0.2) is 42.5 Å². The molecule has 0 saturated heterocycles. The summed E-state index contributed by atoms with van der Waals surface area (Å²) in [5.41, 5.74) is 0.307. The van der Waals surface area contributed by atoms with Crippen LogP contribution in [0.2, 0.25) is 0 Å². The number of halogens is 6. The summed E-state index contributed by atoms with van der Waals surface area (Å²) in [6.45, 7) is -0.508. The second-order valence-corrected chi connectivity index (χ2v) is 9.79. The van der Waals surface area contributed by atoms with Crippen molar-refractivity contribution in [3.8, 4) is 0 Å². The predicted octanol–water partition coefficient (Wildman–Crippen LogP) is 3.61. The largest absolute Gasteiger partial charge is 0.451 e. The van der Waals surface area contributed by atoms with Crippen molar-refractivity contribution in [2.45, 2.75) is 44.2 Å². The van der Waals surface area contributed by atoms with Gasteiger partial charge in [-0.15, -0.1) is 10.2 Å². The van der Waals surface area contributed by atoms with Gasteiger partial charge in [-0.25, -0.2) is 23.7 Å². The van der Waals surface area contributed by atoms with E-state index in [1.807, 2.05) is 0 Å². The molecule has 0 saturated carbocycles. The van der Waals surface area contributed by atoms with E-state index in [9.17, 15) is 35.9 Å². The molecule has 0 radical (unpaired) electrons. The van der Waals surface area contributed by atoms with Crippen LogP contribution in [-0.2, 0) is 44.6 Å². The molecule has 4 N–H and O–H groups in total. The molecule has 3 aromatic rings. The van der Waals surface area contributed by atoms with E-state index in [2.05, 4.69) is 30.2 Å². The number of nitrogens with zero attached hydrogens (tertiary/aromatic N) is 4. The summed E-state index contributed by atoms with van der Waals surface area (Å²) in [6.07, 6.45) is -5.33. The molecule has 44 heavy (non-hydrogen) atoms. The molecule has 2 unspecified atom stereocenters. The van der Waals surface area contributed by atoms with E-state index >= 15 is 0 Å². The zero-order valence-electron chi connectivity index (χ0n) is 22.8. The first-order valence-corrected chi connectivity index (χ1v) is 13.5. The molecular formula is C25H27F6N6O6P. The van der Waals surface area contributed by atoms with Crippen molar-refractivity contribution in [2.75, 3.05) is 13.6 Å². The van der Waals surface area contributed by atoms with Crippen LogP contribution >= 0.6 is 9.03 Å². The first-order chi connectivity index (χ1) is 20.9. The summed E-state index contributed by atoms with van der Waals surface area (Å²) in [4.78, 5) is 27.2. The molecule has 4 rings (SSSR count). The number of benzene rings is 2. The average Bonchev–Trinajstić information content (AvgIpc) is 3.43. The first kappa shape index (κ1) is 34.8. The summed E-state index contributed by atoms with van der Waals surface area (Å²) in [5, 5.41) is 26.9. The van der Waals surface area contributed by atoms with E-state index in [0.29, 0.717) is 17.7 Å². The summed E-state index contributed by atoms with van der Waals surface area (Å²) in [7, 11) is 0.720. The molecule has 240 valence electrons. The minimum Gasteiger partial charge on any atom is -0.358 e. The van der Waals surface area contributed by atoms with Gasteiger partial charge in [0, 0.05) is 38.7 Å². The second kappa shape index (κ2) is 15.9. The molecule has 0 aliphatic carbocycles. The van der Waals surface area contributed by atoms with Gasteiger partial charge >= 0.3 is 6.18 Å². The molecule has 2 aromatic carbocycles. The molecule has 2 heterocycles. The van der Waals surface area contributed by atoms with Gasteiger partial charge < -0.3 is 14.8 Å². The Kier molecular flexibility index (Phi) is 12.6. The van der Waals surface area contributed by atoms with Crippen LogP contribution in [0.5, 0.6) is 0 Å². The molecule has 1 aromatic heterocycles. The fourth-order valence-corrected chi connectivity index (χ4v) is 4.49. The third kappa shape index (κ3) is 9.17. The van der Waals surface area contributed by atoms with Crippen molar-refractivity contribution >= 4 is 20.8 Å². The van der Waals surface area contributed by atoms with Crippen molar-refractivity contribution in [3.63, 3.8) is 0 Å². The van der Waals surface area contributed by atoms with E-state index in [0.717, 1.165) is 4.57 Å². The fourth-order valence-electron chi connectivity index (χ4n) is 4.46. The zero-order chi connectivity index (χ0) is 32.4. The summed E-state index contributed by atoms with van der Waals surface area (Å²) >= 11 is 0. The number of fused-ring (bicyclic) bond motifs is 1. The van der Waals surface area contributed by atoms with Crippen molar-refractivity contribution in [2.24, 2.45) is 0 Å². The van der Waals surface area contributed by atoms with Crippen molar-refractivity contribution in [1.82, 2.24) is 30.3 Å². The Morgan fingerprint density at radius 3 is 2.27 bits per heavy atom. The van der Waals surface area contributed by atoms with Gasteiger partial charge in [0.05, 0.1) is 6.54 Å². The Hall–Kier alpha value is -3.67. The maximum absolute atomic E-state index is 14.5. The monoisotopic (exact) mass is 652 g/mol. The normalized spacial score (nSPS) is 14.2. The predicted molar refractivity (Wildman–Crippen MR) is 141 cm³/mol. The highest BCUT2D eigenvalue weighted by molar-refractivity contribution is 7.25. The van der Waals surface area contributed by atoms with Gasteiger partial charge in [-0.2, -0.15) is 22.5 Å². The van der Waals surface area contributed by atoms with E-state index in [-0.39, 0.29) is 43.9 Å². The second-order valence-electron chi connectivity index (χ2n) is 9.26. The molecule has 1 aliphatic heterocycles. The third-order valence-corrected chi connectivity index (χ3v) is 6.60. The van der Waals surface area contributed by atoms with E-state index in [1.165, 1.54) is 11.9 Å². The maximum atomic E-state index is 14.5. The number of aromatic nitrogens is 3. The smallest absolute Gasteiger partial charge is 0.358 e. The van der Waals surface area contributed by atoms with Crippen LogP contribution in [0.4, 0.5) is 26.3 Å². The topological polar surface area (TPSA) is 151 Å². The number of nitrogens with one attached hydrogen (secondary N) is 2. The van der Waals surface area contributed by atoms with Gasteiger partial charge in [-0.05, 0) is 23.6 Å². The lowest BCUT2D eigenvalue weighted by atomic mass is 9.98. The standard InChI is InChI=1S/C25H24F6N6O2.H3O4P/c1-32-23(39)22(14-5-3-2-4-6-14)33-16(9-15-10-18(27)19(28)12-17(15)26)11-21(38)36-7-8-37-20(13-36)34-35-24(37)25(29,30)31;1-3-5-4-2/h2-6,10,12,16,22,33H,7-9,11,13H2,1H3,(H,32,39);1-2,5H. The van der Waals surface area contributed by atoms with Crippen LogP contribution in [0.3, 0.4) is 0 Å². The van der Waals surface area contributed by atoms with Gasteiger partial charge in [0.1, 0.15) is 11.9 Å². The SMILES string of the molecule is CNC(=O)C(NC(CC(=O)N1CCn2c(nnc2C(F)(F)F)C1)Cc1cc(F)c(F)cc1F)c1ccccc1.OOPOO. The fraction of sp³-hybridized carbons (Fsp3) is 0.360. The molecule has 12 nitrogen and oxygen atoms in total. The van der Waals surface area contributed by atoms with Crippen molar-refractivity contribution < 1.29 is 55.8 Å². The van der Waals surface area contributed by atoms with E-state index in [4.69, 9.17) is 10.5 Å². The Labute approximate surface area is 247 Å². The lowest BCUT2D eigenvalue weighted by Crippen LogP contribution is -2.46. The molecule has 19 heteroatoms. The molecule has 2 amide bonds. The number of amides is 2. The Bertz CT molecular complexity index is 1410. The van der Waals surface area contributed by atoms with Gasteiger partial charge in [-0.1, -0.05) is 30.3 Å². The number of alkyl halides is 3. The first-order valence-electron chi connectivity index (χ1n) is 12.7. The van der Waals surface area contributed by atoms with E-state index < -0.39 is 62.4 Å². The molecule has 0 bridgehead atoms. The highest BCUT2D eigenvalue weighted by Crippen LogP contribution is 2.30. The number of carbonyl (C=O) groups excluding carboxylic acids is 2. The minimum atomic E-state index is -4.70.